The van der Waals surface area contributed by atoms with Crippen molar-refractivity contribution >= 4 is 15.7 Å². The average Bonchev–Trinajstić information content (AvgIpc) is 2.81. The van der Waals surface area contributed by atoms with E-state index in [0.717, 1.165) is 17.9 Å². The van der Waals surface area contributed by atoms with Gasteiger partial charge in [-0.15, -0.1) is 10.2 Å². The summed E-state index contributed by atoms with van der Waals surface area (Å²) >= 11 is 0. The van der Waals surface area contributed by atoms with Crippen molar-refractivity contribution in [3.63, 3.8) is 0 Å². The van der Waals surface area contributed by atoms with Gasteiger partial charge in [-0.05, 0) is 18.1 Å². The van der Waals surface area contributed by atoms with Crippen molar-refractivity contribution in [1.82, 2.24) is 19.3 Å². The van der Waals surface area contributed by atoms with Crippen LogP contribution in [0.25, 0.3) is 5.65 Å². The highest BCUT2D eigenvalue weighted by Crippen LogP contribution is 2.05. The minimum absolute atomic E-state index is 0.168. The van der Waals surface area contributed by atoms with Gasteiger partial charge in [0.2, 0.25) is 10.0 Å². The Labute approximate surface area is 119 Å². The maximum absolute atomic E-state index is 11.8. The van der Waals surface area contributed by atoms with Gasteiger partial charge in [0.25, 0.3) is 0 Å². The molecule has 0 aliphatic rings. The summed E-state index contributed by atoms with van der Waals surface area (Å²) in [5, 5.41) is 8.10. The Bertz CT molecular complexity index is 666. The number of hydrogen-bond donors (Lipinski definition) is 1. The molecule has 0 spiro atoms. The van der Waals surface area contributed by atoms with Crippen LogP contribution >= 0.6 is 0 Å². The zero-order valence-electron chi connectivity index (χ0n) is 11.8. The molecule has 20 heavy (non-hydrogen) atoms. The number of rotatable bonds is 7. The van der Waals surface area contributed by atoms with Crippen molar-refractivity contribution in [2.75, 3.05) is 12.3 Å². The van der Waals surface area contributed by atoms with Gasteiger partial charge in [0, 0.05) is 19.2 Å². The fourth-order valence-electron chi connectivity index (χ4n) is 1.93. The molecule has 7 heteroatoms. The van der Waals surface area contributed by atoms with E-state index in [1.165, 1.54) is 0 Å². The van der Waals surface area contributed by atoms with Crippen LogP contribution in [0.3, 0.4) is 0 Å². The third-order valence-electron chi connectivity index (χ3n) is 3.26. The van der Waals surface area contributed by atoms with Crippen molar-refractivity contribution < 1.29 is 8.42 Å². The first kappa shape index (κ1) is 14.9. The van der Waals surface area contributed by atoms with Gasteiger partial charge in [-0.25, -0.2) is 13.1 Å². The lowest BCUT2D eigenvalue weighted by Crippen LogP contribution is -2.31. The van der Waals surface area contributed by atoms with E-state index in [4.69, 9.17) is 0 Å². The Morgan fingerprint density at radius 1 is 1.35 bits per heavy atom. The highest BCUT2D eigenvalue weighted by atomic mass is 32.2. The lowest BCUT2D eigenvalue weighted by molar-refractivity contribution is 0.552. The molecule has 0 amide bonds. The summed E-state index contributed by atoms with van der Waals surface area (Å²) in [5.41, 5.74) is 0.768. The molecule has 0 aliphatic carbocycles. The molecular formula is C13H20N4O2S. The molecule has 0 bridgehead atoms. The van der Waals surface area contributed by atoms with Crippen molar-refractivity contribution in [3.05, 3.63) is 30.2 Å². The van der Waals surface area contributed by atoms with Crippen LogP contribution in [-0.4, -0.2) is 35.3 Å². The summed E-state index contributed by atoms with van der Waals surface area (Å²) in [5.74, 6) is 1.10. The van der Waals surface area contributed by atoms with Gasteiger partial charge in [0.1, 0.15) is 5.82 Å². The lowest BCUT2D eigenvalue weighted by Gasteiger charge is -2.10. The van der Waals surface area contributed by atoms with Crippen molar-refractivity contribution in [2.24, 2.45) is 5.92 Å². The largest absolute Gasteiger partial charge is 0.286 e. The molecule has 0 fully saturated rings. The van der Waals surface area contributed by atoms with E-state index in [1.807, 2.05) is 42.6 Å². The minimum atomic E-state index is -3.21. The van der Waals surface area contributed by atoms with Crippen LogP contribution in [0.1, 0.15) is 26.1 Å². The summed E-state index contributed by atoms with van der Waals surface area (Å²) in [6.07, 6.45) is 3.25. The third-order valence-corrected chi connectivity index (χ3v) is 4.91. The molecule has 6 nitrogen and oxygen atoms in total. The number of nitrogens with one attached hydrogen (secondary N) is 1. The summed E-state index contributed by atoms with van der Waals surface area (Å²) in [4.78, 5) is 0. The first-order valence-electron chi connectivity index (χ1n) is 6.78. The smallest absolute Gasteiger partial charge is 0.211 e. The molecule has 1 atom stereocenters. The predicted octanol–water partition coefficient (Wildman–Crippen LogP) is 1.24. The molecule has 2 aromatic heterocycles. The van der Waals surface area contributed by atoms with E-state index in [0.29, 0.717) is 13.0 Å². The normalized spacial score (nSPS) is 13.7. The fraction of sp³-hybridized carbons (Fsp3) is 0.538. The number of fused-ring (bicyclic) bond motifs is 1. The Morgan fingerprint density at radius 3 is 2.90 bits per heavy atom. The van der Waals surface area contributed by atoms with Gasteiger partial charge < -0.3 is 0 Å². The van der Waals surface area contributed by atoms with Crippen LogP contribution in [0.2, 0.25) is 0 Å². The van der Waals surface area contributed by atoms with Gasteiger partial charge in [-0.3, -0.25) is 4.40 Å². The highest BCUT2D eigenvalue weighted by Gasteiger charge is 2.14. The first-order chi connectivity index (χ1) is 9.52. The van der Waals surface area contributed by atoms with Crippen LogP contribution in [0.5, 0.6) is 0 Å². The van der Waals surface area contributed by atoms with Gasteiger partial charge in [0.15, 0.2) is 5.65 Å². The second kappa shape index (κ2) is 6.32. The molecular weight excluding hydrogens is 276 g/mol. The Balaban J connectivity index is 1.93. The average molecular weight is 296 g/mol. The fourth-order valence-corrected chi connectivity index (χ4v) is 3.45. The molecule has 0 radical (unpaired) electrons. The van der Waals surface area contributed by atoms with Gasteiger partial charge in [-0.2, -0.15) is 0 Å². The number of hydrogen-bond acceptors (Lipinski definition) is 4. The Morgan fingerprint density at radius 2 is 2.15 bits per heavy atom. The monoisotopic (exact) mass is 296 g/mol. The molecule has 0 saturated carbocycles. The lowest BCUT2D eigenvalue weighted by atomic mass is 10.2. The molecule has 0 aliphatic heterocycles. The maximum atomic E-state index is 11.8. The summed E-state index contributed by atoms with van der Waals surface area (Å²) in [6, 6.07) is 5.65. The molecule has 1 N–H and O–H groups in total. The van der Waals surface area contributed by atoms with Crippen LogP contribution in [0.4, 0.5) is 0 Å². The molecule has 2 rings (SSSR count). The quantitative estimate of drug-likeness (QED) is 0.834. The topological polar surface area (TPSA) is 76.4 Å². The van der Waals surface area contributed by atoms with Crippen LogP contribution in [-0.2, 0) is 16.4 Å². The van der Waals surface area contributed by atoms with E-state index in [1.54, 1.807) is 0 Å². The van der Waals surface area contributed by atoms with E-state index in [9.17, 15) is 8.42 Å². The Kier molecular flexibility index (Phi) is 4.72. The van der Waals surface area contributed by atoms with Crippen molar-refractivity contribution in [1.29, 1.82) is 0 Å². The second-order valence-corrected chi connectivity index (χ2v) is 6.84. The van der Waals surface area contributed by atoms with Crippen LogP contribution < -0.4 is 4.72 Å². The standard InChI is InChI=1S/C13H20N4O2S/c1-3-11(2)10-20(18,19)14-8-7-13-16-15-12-6-4-5-9-17(12)13/h4-6,9,11,14H,3,7-8,10H2,1-2H3. The summed E-state index contributed by atoms with van der Waals surface area (Å²) < 4.78 is 28.2. The minimum Gasteiger partial charge on any atom is -0.286 e. The van der Waals surface area contributed by atoms with E-state index >= 15 is 0 Å². The SMILES string of the molecule is CCC(C)CS(=O)(=O)NCCc1nnc2ccccn12. The number of sulfonamides is 1. The zero-order valence-corrected chi connectivity index (χ0v) is 12.6. The van der Waals surface area contributed by atoms with Gasteiger partial charge in [0.05, 0.1) is 5.75 Å². The Hall–Kier alpha value is -1.47. The molecule has 110 valence electrons. The van der Waals surface area contributed by atoms with Crippen molar-refractivity contribution in [3.8, 4) is 0 Å². The molecule has 2 aromatic rings. The van der Waals surface area contributed by atoms with Crippen LogP contribution in [0, 0.1) is 5.92 Å². The number of pyridine rings is 1. The zero-order chi connectivity index (χ0) is 14.6. The third kappa shape index (κ3) is 3.77. The van der Waals surface area contributed by atoms with E-state index in [2.05, 4.69) is 14.9 Å². The molecule has 2 heterocycles. The van der Waals surface area contributed by atoms with E-state index < -0.39 is 10.0 Å². The molecule has 1 unspecified atom stereocenters. The van der Waals surface area contributed by atoms with Crippen LogP contribution in [0.15, 0.2) is 24.4 Å². The highest BCUT2D eigenvalue weighted by molar-refractivity contribution is 7.89. The summed E-state index contributed by atoms with van der Waals surface area (Å²) in [6.45, 7) is 4.27. The first-order valence-corrected chi connectivity index (χ1v) is 8.43. The summed E-state index contributed by atoms with van der Waals surface area (Å²) in [7, 11) is -3.21. The van der Waals surface area contributed by atoms with Gasteiger partial charge >= 0.3 is 0 Å². The van der Waals surface area contributed by atoms with E-state index in [-0.39, 0.29) is 11.7 Å². The molecule has 0 saturated heterocycles. The van der Waals surface area contributed by atoms with Crippen molar-refractivity contribution in [2.45, 2.75) is 26.7 Å². The number of aromatic nitrogens is 3. The van der Waals surface area contributed by atoms with Gasteiger partial charge in [-0.1, -0.05) is 26.3 Å². The number of nitrogens with zero attached hydrogens (tertiary/aromatic N) is 3. The predicted molar refractivity (Wildman–Crippen MR) is 77.9 cm³/mol. The second-order valence-electron chi connectivity index (χ2n) is 4.98. The molecule has 0 aromatic carbocycles. The maximum Gasteiger partial charge on any atom is 0.211 e.